The van der Waals surface area contributed by atoms with Crippen LogP contribution in [0.5, 0.6) is 0 Å². The van der Waals surface area contributed by atoms with Gasteiger partial charge in [-0.3, -0.25) is 0 Å². The monoisotopic (exact) mass is 187 g/mol. The number of hydrogen-bond donors (Lipinski definition) is 1. The fraction of sp³-hybridized carbons (Fsp3) is 1.00. The van der Waals surface area contributed by atoms with Crippen molar-refractivity contribution in [3.8, 4) is 0 Å². The van der Waals surface area contributed by atoms with Crippen molar-refractivity contribution >= 4 is 0 Å². The Balaban J connectivity index is 2.38. The molecule has 1 rings (SSSR count). The predicted octanol–water partition coefficient (Wildman–Crippen LogP) is 1.18. The van der Waals surface area contributed by atoms with E-state index in [-0.39, 0.29) is 12.2 Å². The van der Waals surface area contributed by atoms with Crippen molar-refractivity contribution in [3.63, 3.8) is 0 Å². The minimum Gasteiger partial charge on any atom is -0.379 e. The lowest BCUT2D eigenvalue weighted by Crippen LogP contribution is -2.33. The molecule has 0 amide bonds. The molecule has 0 aromatic carbocycles. The number of nitrogens with one attached hydrogen (secondary N) is 1. The van der Waals surface area contributed by atoms with Crippen molar-refractivity contribution in [2.45, 2.75) is 51.0 Å². The topological polar surface area (TPSA) is 30.5 Å². The van der Waals surface area contributed by atoms with Crippen LogP contribution in [0.2, 0.25) is 0 Å². The van der Waals surface area contributed by atoms with Crippen LogP contribution in [0.1, 0.15) is 26.7 Å². The van der Waals surface area contributed by atoms with E-state index in [1.54, 1.807) is 14.2 Å². The fourth-order valence-corrected chi connectivity index (χ4v) is 2.06. The molecule has 0 aliphatic heterocycles. The molecule has 1 saturated carbocycles. The Hall–Kier alpha value is -0.120. The van der Waals surface area contributed by atoms with E-state index in [0.29, 0.717) is 12.1 Å². The second kappa shape index (κ2) is 4.94. The van der Waals surface area contributed by atoms with E-state index in [9.17, 15) is 0 Å². The lowest BCUT2D eigenvalue weighted by Gasteiger charge is -2.15. The van der Waals surface area contributed by atoms with Gasteiger partial charge in [-0.05, 0) is 12.8 Å². The van der Waals surface area contributed by atoms with Crippen molar-refractivity contribution in [1.82, 2.24) is 5.32 Å². The van der Waals surface area contributed by atoms with Crippen LogP contribution < -0.4 is 5.32 Å². The lowest BCUT2D eigenvalue weighted by atomic mass is 10.2. The third kappa shape index (κ3) is 2.93. The summed E-state index contributed by atoms with van der Waals surface area (Å²) in [6.07, 6.45) is 2.66. The van der Waals surface area contributed by atoms with Crippen molar-refractivity contribution in [2.75, 3.05) is 14.2 Å². The smallest absolute Gasteiger partial charge is 0.0848 e. The van der Waals surface area contributed by atoms with Crippen LogP contribution in [0.15, 0.2) is 0 Å². The SMILES string of the molecule is CO[C@H]1C[C@@H](NC(C)C)C[C@H]1OC. The molecule has 1 N–H and O–H groups in total. The Labute approximate surface area is 80.8 Å². The van der Waals surface area contributed by atoms with Gasteiger partial charge in [-0.25, -0.2) is 0 Å². The van der Waals surface area contributed by atoms with Crippen molar-refractivity contribution < 1.29 is 9.47 Å². The Bertz CT molecular complexity index is 138. The molecule has 1 aliphatic rings. The first kappa shape index (κ1) is 11.0. The molecule has 0 aromatic heterocycles. The summed E-state index contributed by atoms with van der Waals surface area (Å²) in [4.78, 5) is 0. The van der Waals surface area contributed by atoms with E-state index in [1.807, 2.05) is 0 Å². The Morgan fingerprint density at radius 3 is 1.85 bits per heavy atom. The molecule has 0 bridgehead atoms. The first-order valence-corrected chi connectivity index (χ1v) is 4.99. The second-order valence-electron chi connectivity index (χ2n) is 4.04. The maximum absolute atomic E-state index is 5.36. The largest absolute Gasteiger partial charge is 0.379 e. The summed E-state index contributed by atoms with van der Waals surface area (Å²) in [5, 5.41) is 3.51. The summed E-state index contributed by atoms with van der Waals surface area (Å²) in [5.41, 5.74) is 0. The van der Waals surface area contributed by atoms with Crippen LogP contribution in [-0.4, -0.2) is 38.5 Å². The zero-order valence-corrected chi connectivity index (χ0v) is 9.04. The summed E-state index contributed by atoms with van der Waals surface area (Å²) in [6.45, 7) is 4.34. The zero-order valence-electron chi connectivity index (χ0n) is 9.04. The average molecular weight is 187 g/mol. The molecule has 78 valence electrons. The van der Waals surface area contributed by atoms with E-state index in [0.717, 1.165) is 12.8 Å². The van der Waals surface area contributed by atoms with Gasteiger partial charge in [-0.2, -0.15) is 0 Å². The number of methoxy groups -OCH3 is 2. The lowest BCUT2D eigenvalue weighted by molar-refractivity contribution is -0.0157. The van der Waals surface area contributed by atoms with Crippen LogP contribution in [-0.2, 0) is 9.47 Å². The first-order valence-electron chi connectivity index (χ1n) is 4.99. The highest BCUT2D eigenvalue weighted by molar-refractivity contribution is 4.89. The van der Waals surface area contributed by atoms with Gasteiger partial charge in [-0.1, -0.05) is 13.8 Å². The molecule has 1 aliphatic carbocycles. The van der Waals surface area contributed by atoms with Crippen molar-refractivity contribution in [2.24, 2.45) is 0 Å². The summed E-state index contributed by atoms with van der Waals surface area (Å²) in [5.74, 6) is 0. The van der Waals surface area contributed by atoms with E-state index >= 15 is 0 Å². The number of hydrogen-bond acceptors (Lipinski definition) is 3. The fourth-order valence-electron chi connectivity index (χ4n) is 2.06. The summed E-state index contributed by atoms with van der Waals surface area (Å²) < 4.78 is 10.7. The van der Waals surface area contributed by atoms with E-state index < -0.39 is 0 Å². The highest BCUT2D eigenvalue weighted by Crippen LogP contribution is 2.24. The van der Waals surface area contributed by atoms with E-state index in [1.165, 1.54) is 0 Å². The minimum absolute atomic E-state index is 0.265. The molecule has 0 spiro atoms. The van der Waals surface area contributed by atoms with Crippen LogP contribution >= 0.6 is 0 Å². The minimum atomic E-state index is 0.265. The van der Waals surface area contributed by atoms with E-state index in [2.05, 4.69) is 19.2 Å². The van der Waals surface area contributed by atoms with Gasteiger partial charge in [0.1, 0.15) is 0 Å². The summed E-state index contributed by atoms with van der Waals surface area (Å²) >= 11 is 0. The molecule has 0 heterocycles. The van der Waals surface area contributed by atoms with Gasteiger partial charge < -0.3 is 14.8 Å². The summed E-state index contributed by atoms with van der Waals surface area (Å²) in [6, 6.07) is 1.09. The van der Waals surface area contributed by atoms with Gasteiger partial charge in [0, 0.05) is 26.3 Å². The van der Waals surface area contributed by atoms with Crippen LogP contribution in [0.4, 0.5) is 0 Å². The number of rotatable bonds is 4. The molecule has 3 heteroatoms. The molecular weight excluding hydrogens is 166 g/mol. The van der Waals surface area contributed by atoms with Gasteiger partial charge in [0.25, 0.3) is 0 Å². The Kier molecular flexibility index (Phi) is 4.16. The highest BCUT2D eigenvalue weighted by Gasteiger charge is 2.34. The highest BCUT2D eigenvalue weighted by atomic mass is 16.5. The second-order valence-corrected chi connectivity index (χ2v) is 4.04. The maximum atomic E-state index is 5.36. The molecule has 13 heavy (non-hydrogen) atoms. The molecule has 0 aromatic rings. The van der Waals surface area contributed by atoms with Gasteiger partial charge >= 0.3 is 0 Å². The van der Waals surface area contributed by atoms with Crippen LogP contribution in [0.3, 0.4) is 0 Å². The zero-order chi connectivity index (χ0) is 9.84. The standard InChI is InChI=1S/C10H21NO2/c1-7(2)11-8-5-9(12-3)10(6-8)13-4/h7-11H,5-6H2,1-4H3/t8-,9+,10-. The van der Waals surface area contributed by atoms with Gasteiger partial charge in [-0.15, -0.1) is 0 Å². The normalized spacial score (nSPS) is 34.4. The van der Waals surface area contributed by atoms with Crippen LogP contribution in [0.25, 0.3) is 0 Å². The summed E-state index contributed by atoms with van der Waals surface area (Å²) in [7, 11) is 3.52. The molecule has 3 nitrogen and oxygen atoms in total. The molecule has 0 radical (unpaired) electrons. The van der Waals surface area contributed by atoms with Crippen molar-refractivity contribution in [3.05, 3.63) is 0 Å². The predicted molar refractivity (Wildman–Crippen MR) is 52.9 cm³/mol. The van der Waals surface area contributed by atoms with Crippen LogP contribution in [0, 0.1) is 0 Å². The van der Waals surface area contributed by atoms with Crippen molar-refractivity contribution in [1.29, 1.82) is 0 Å². The molecular formula is C10H21NO2. The number of ether oxygens (including phenoxy) is 2. The molecule has 0 saturated heterocycles. The van der Waals surface area contributed by atoms with E-state index in [4.69, 9.17) is 9.47 Å². The molecule has 3 atom stereocenters. The molecule has 1 fully saturated rings. The van der Waals surface area contributed by atoms with Gasteiger partial charge in [0.2, 0.25) is 0 Å². The maximum Gasteiger partial charge on any atom is 0.0848 e. The Morgan fingerprint density at radius 2 is 1.54 bits per heavy atom. The molecule has 0 unspecified atom stereocenters. The Morgan fingerprint density at radius 1 is 1.08 bits per heavy atom. The third-order valence-corrected chi connectivity index (χ3v) is 2.62. The van der Waals surface area contributed by atoms with Gasteiger partial charge in [0.05, 0.1) is 12.2 Å². The third-order valence-electron chi connectivity index (χ3n) is 2.62. The first-order chi connectivity index (χ1) is 6.17. The average Bonchev–Trinajstić information content (AvgIpc) is 2.45. The quantitative estimate of drug-likeness (QED) is 0.717. The van der Waals surface area contributed by atoms with Gasteiger partial charge in [0.15, 0.2) is 0 Å².